The molecular formula is C15H16FNO. The van der Waals surface area contributed by atoms with Crippen molar-refractivity contribution in [2.24, 2.45) is 0 Å². The minimum Gasteiger partial charge on any atom is -0.496 e. The fourth-order valence-corrected chi connectivity index (χ4v) is 2.19. The van der Waals surface area contributed by atoms with Gasteiger partial charge in [0.2, 0.25) is 0 Å². The quantitative estimate of drug-likeness (QED) is 0.819. The van der Waals surface area contributed by atoms with Crippen LogP contribution in [0.4, 0.5) is 10.1 Å². The smallest absolute Gasteiger partial charge is 0.131 e. The molecule has 94 valence electrons. The van der Waals surface area contributed by atoms with Gasteiger partial charge in [0.1, 0.15) is 11.6 Å². The minimum atomic E-state index is -0.270. The molecule has 3 heteroatoms. The van der Waals surface area contributed by atoms with Gasteiger partial charge in [0.05, 0.1) is 7.11 Å². The summed E-state index contributed by atoms with van der Waals surface area (Å²) < 4.78 is 19.1. The fraction of sp³-hybridized carbons (Fsp3) is 0.200. The third-order valence-electron chi connectivity index (χ3n) is 2.97. The van der Waals surface area contributed by atoms with Crippen LogP contribution in [0.25, 0.3) is 11.1 Å². The van der Waals surface area contributed by atoms with Crippen LogP contribution in [-0.2, 0) is 0 Å². The Bertz CT molecular complexity index is 570. The van der Waals surface area contributed by atoms with Gasteiger partial charge in [-0.1, -0.05) is 0 Å². The van der Waals surface area contributed by atoms with Crippen molar-refractivity contribution in [3.8, 4) is 16.9 Å². The predicted octanol–water partition coefficient (Wildman–Crippen LogP) is 3.70. The highest BCUT2D eigenvalue weighted by Gasteiger charge is 2.10. The van der Waals surface area contributed by atoms with Crippen molar-refractivity contribution in [1.82, 2.24) is 0 Å². The van der Waals surface area contributed by atoms with E-state index in [1.165, 1.54) is 6.07 Å². The van der Waals surface area contributed by atoms with E-state index in [-0.39, 0.29) is 5.82 Å². The molecule has 2 rings (SSSR count). The number of anilines is 1. The number of benzene rings is 2. The molecule has 18 heavy (non-hydrogen) atoms. The molecule has 0 radical (unpaired) electrons. The Kier molecular flexibility index (Phi) is 3.24. The number of ether oxygens (including phenoxy) is 1. The summed E-state index contributed by atoms with van der Waals surface area (Å²) in [6, 6.07) is 8.41. The first-order valence-electron chi connectivity index (χ1n) is 5.73. The molecule has 0 bridgehead atoms. The maximum absolute atomic E-state index is 13.8. The Hall–Kier alpha value is -2.03. The second-order valence-electron chi connectivity index (χ2n) is 4.38. The van der Waals surface area contributed by atoms with Crippen LogP contribution in [0.15, 0.2) is 30.3 Å². The molecular weight excluding hydrogens is 229 g/mol. The van der Waals surface area contributed by atoms with Gasteiger partial charge in [-0.25, -0.2) is 4.39 Å². The molecule has 2 aromatic rings. The number of methoxy groups -OCH3 is 1. The zero-order valence-corrected chi connectivity index (χ0v) is 10.8. The lowest BCUT2D eigenvalue weighted by Crippen LogP contribution is -1.94. The van der Waals surface area contributed by atoms with Crippen molar-refractivity contribution in [3.63, 3.8) is 0 Å². The molecule has 0 unspecified atom stereocenters. The Balaban J connectivity index is 2.61. The molecule has 2 nitrogen and oxygen atoms in total. The van der Waals surface area contributed by atoms with Crippen molar-refractivity contribution < 1.29 is 9.13 Å². The molecule has 0 amide bonds. The van der Waals surface area contributed by atoms with E-state index < -0.39 is 0 Å². The van der Waals surface area contributed by atoms with Crippen LogP contribution in [0.5, 0.6) is 5.75 Å². The van der Waals surface area contributed by atoms with E-state index in [1.54, 1.807) is 19.2 Å². The van der Waals surface area contributed by atoms with Crippen molar-refractivity contribution in [1.29, 1.82) is 0 Å². The lowest BCUT2D eigenvalue weighted by molar-refractivity contribution is 0.408. The van der Waals surface area contributed by atoms with Crippen LogP contribution >= 0.6 is 0 Å². The average Bonchev–Trinajstić information content (AvgIpc) is 2.32. The summed E-state index contributed by atoms with van der Waals surface area (Å²) in [6.07, 6.45) is 0. The van der Waals surface area contributed by atoms with Gasteiger partial charge in [0, 0.05) is 11.3 Å². The largest absolute Gasteiger partial charge is 0.496 e. The zero-order chi connectivity index (χ0) is 13.3. The lowest BCUT2D eigenvalue weighted by Gasteiger charge is -2.12. The third-order valence-corrected chi connectivity index (χ3v) is 2.97. The Morgan fingerprint density at radius 2 is 1.67 bits per heavy atom. The van der Waals surface area contributed by atoms with Crippen molar-refractivity contribution in [2.45, 2.75) is 13.8 Å². The lowest BCUT2D eigenvalue weighted by atomic mass is 9.99. The second kappa shape index (κ2) is 4.69. The van der Waals surface area contributed by atoms with E-state index >= 15 is 0 Å². The van der Waals surface area contributed by atoms with Crippen LogP contribution in [0.1, 0.15) is 11.1 Å². The van der Waals surface area contributed by atoms with Crippen molar-refractivity contribution in [2.75, 3.05) is 12.8 Å². The minimum absolute atomic E-state index is 0.270. The van der Waals surface area contributed by atoms with Gasteiger partial charge in [-0.05, 0) is 60.9 Å². The van der Waals surface area contributed by atoms with Gasteiger partial charge in [0.15, 0.2) is 0 Å². The third kappa shape index (κ3) is 2.16. The normalized spacial score (nSPS) is 10.4. The van der Waals surface area contributed by atoms with E-state index in [4.69, 9.17) is 10.5 Å². The summed E-state index contributed by atoms with van der Waals surface area (Å²) in [7, 11) is 1.64. The average molecular weight is 245 g/mol. The SMILES string of the molecule is COc1c(C)cc(-c2cc(N)ccc2F)cc1C. The Morgan fingerprint density at radius 1 is 1.06 bits per heavy atom. The molecule has 0 aliphatic carbocycles. The highest BCUT2D eigenvalue weighted by Crippen LogP contribution is 2.32. The molecule has 0 spiro atoms. The summed E-state index contributed by atoms with van der Waals surface area (Å²) in [5.74, 6) is 0.566. The number of halogens is 1. The van der Waals surface area contributed by atoms with Crippen LogP contribution in [-0.4, -0.2) is 7.11 Å². The molecule has 2 aromatic carbocycles. The highest BCUT2D eigenvalue weighted by atomic mass is 19.1. The molecule has 0 aliphatic rings. The number of aryl methyl sites for hydroxylation is 2. The highest BCUT2D eigenvalue weighted by molar-refractivity contribution is 5.70. The van der Waals surface area contributed by atoms with Crippen LogP contribution in [0.3, 0.4) is 0 Å². The maximum atomic E-state index is 13.8. The Morgan fingerprint density at radius 3 is 2.22 bits per heavy atom. The van der Waals surface area contributed by atoms with E-state index in [2.05, 4.69) is 0 Å². The van der Waals surface area contributed by atoms with Gasteiger partial charge in [0.25, 0.3) is 0 Å². The number of nitrogens with two attached hydrogens (primary N) is 1. The van der Waals surface area contributed by atoms with Gasteiger partial charge >= 0.3 is 0 Å². The first-order valence-corrected chi connectivity index (χ1v) is 5.73. The van der Waals surface area contributed by atoms with Crippen molar-refractivity contribution in [3.05, 3.63) is 47.3 Å². The molecule has 0 aliphatic heterocycles. The van der Waals surface area contributed by atoms with E-state index in [1.807, 2.05) is 26.0 Å². The summed E-state index contributed by atoms with van der Waals surface area (Å²) >= 11 is 0. The molecule has 0 heterocycles. The summed E-state index contributed by atoms with van der Waals surface area (Å²) in [5.41, 5.74) is 9.55. The van der Waals surface area contributed by atoms with Gasteiger partial charge < -0.3 is 10.5 Å². The fourth-order valence-electron chi connectivity index (χ4n) is 2.19. The summed E-state index contributed by atoms with van der Waals surface area (Å²) in [6.45, 7) is 3.89. The van der Waals surface area contributed by atoms with Crippen LogP contribution in [0.2, 0.25) is 0 Å². The zero-order valence-electron chi connectivity index (χ0n) is 10.8. The number of hydrogen-bond acceptors (Lipinski definition) is 2. The maximum Gasteiger partial charge on any atom is 0.131 e. The first-order chi connectivity index (χ1) is 8.52. The van der Waals surface area contributed by atoms with Crippen molar-refractivity contribution >= 4 is 5.69 Å². The molecule has 0 saturated carbocycles. The summed E-state index contributed by atoms with van der Waals surface area (Å²) in [4.78, 5) is 0. The molecule has 2 N–H and O–H groups in total. The topological polar surface area (TPSA) is 35.2 Å². The van der Waals surface area contributed by atoms with Crippen LogP contribution < -0.4 is 10.5 Å². The molecule has 0 fully saturated rings. The standard InChI is InChI=1S/C15H16FNO/c1-9-6-11(7-10(2)15(9)18-3)13-8-12(17)4-5-14(13)16/h4-8H,17H2,1-3H3. The van der Waals surface area contributed by atoms with E-state index in [9.17, 15) is 4.39 Å². The van der Waals surface area contributed by atoms with Gasteiger partial charge in [-0.2, -0.15) is 0 Å². The predicted molar refractivity (Wildman–Crippen MR) is 72.3 cm³/mol. The van der Waals surface area contributed by atoms with Crippen LogP contribution in [0, 0.1) is 19.7 Å². The first kappa shape index (κ1) is 12.4. The molecule has 0 aromatic heterocycles. The van der Waals surface area contributed by atoms with E-state index in [0.29, 0.717) is 11.3 Å². The monoisotopic (exact) mass is 245 g/mol. The number of nitrogen functional groups attached to an aromatic ring is 1. The number of hydrogen-bond donors (Lipinski definition) is 1. The van der Waals surface area contributed by atoms with Gasteiger partial charge in [-0.15, -0.1) is 0 Å². The Labute approximate surface area is 106 Å². The van der Waals surface area contributed by atoms with Gasteiger partial charge in [-0.3, -0.25) is 0 Å². The molecule has 0 saturated heterocycles. The number of rotatable bonds is 2. The molecule has 0 atom stereocenters. The van der Waals surface area contributed by atoms with E-state index in [0.717, 1.165) is 22.4 Å². The second-order valence-corrected chi connectivity index (χ2v) is 4.38. The summed E-state index contributed by atoms with van der Waals surface area (Å²) in [5, 5.41) is 0.